The first-order valence-electron chi connectivity index (χ1n) is 14.9. The molecule has 12 nitrogen and oxygen atoms in total. The number of hydrogen-bond donors (Lipinski definition) is 1. The molecule has 50 heavy (non-hydrogen) atoms. The summed E-state index contributed by atoms with van der Waals surface area (Å²) in [5, 5.41) is 3.10. The van der Waals surface area contributed by atoms with Crippen molar-refractivity contribution in [3.8, 4) is 11.5 Å². The Kier molecular flexibility index (Phi) is 9.57. The first-order chi connectivity index (χ1) is 23.5. The van der Waals surface area contributed by atoms with Gasteiger partial charge in [0.15, 0.2) is 10.8 Å². The zero-order valence-electron chi connectivity index (χ0n) is 26.0. The van der Waals surface area contributed by atoms with Crippen LogP contribution in [-0.2, 0) is 31.5 Å². The predicted octanol–water partition coefficient (Wildman–Crippen LogP) is 4.76. The molecule has 0 unspecified atom stereocenters. The van der Waals surface area contributed by atoms with Crippen LogP contribution in [0.5, 0.6) is 11.5 Å². The van der Waals surface area contributed by atoms with Crippen molar-refractivity contribution in [2.45, 2.75) is 48.5 Å². The number of carbonyl (C=O) groups is 1. The maximum absolute atomic E-state index is 13.8. The average molecular weight is 747 g/mol. The number of rotatable bonds is 11. The monoisotopic (exact) mass is 746 g/mol. The number of benzene rings is 2. The highest BCUT2D eigenvalue weighted by atomic mass is 32.2. The van der Waals surface area contributed by atoms with E-state index in [1.807, 2.05) is 0 Å². The molecule has 1 aliphatic carbocycles. The van der Waals surface area contributed by atoms with E-state index in [2.05, 4.69) is 29.7 Å². The van der Waals surface area contributed by atoms with Crippen molar-refractivity contribution in [1.29, 1.82) is 0 Å². The van der Waals surface area contributed by atoms with E-state index in [-0.39, 0.29) is 36.5 Å². The lowest BCUT2D eigenvalue weighted by Gasteiger charge is -2.39. The molecule has 1 N–H and O–H groups in total. The van der Waals surface area contributed by atoms with Crippen LogP contribution in [-0.4, -0.2) is 85.7 Å². The number of aromatic nitrogens is 3. The van der Waals surface area contributed by atoms with Gasteiger partial charge in [-0.2, -0.15) is 9.29 Å². The maximum atomic E-state index is 13.8. The Balaban J connectivity index is 1.24. The summed E-state index contributed by atoms with van der Waals surface area (Å²) in [6.45, 7) is 0.0432. The molecular formula is C30H28F6N6O6S2. The number of anilines is 1. The van der Waals surface area contributed by atoms with Crippen LogP contribution in [0.15, 0.2) is 59.6 Å². The maximum Gasteiger partial charge on any atom is 0.573 e. The summed E-state index contributed by atoms with van der Waals surface area (Å²) in [7, 11) is -2.83. The quantitative estimate of drug-likeness (QED) is 0.214. The van der Waals surface area contributed by atoms with E-state index >= 15 is 0 Å². The molecule has 1 saturated heterocycles. The second-order valence-corrected chi connectivity index (χ2v) is 14.5. The van der Waals surface area contributed by atoms with Crippen LogP contribution in [0.1, 0.15) is 24.2 Å². The van der Waals surface area contributed by atoms with E-state index < -0.39 is 46.2 Å². The second kappa shape index (κ2) is 13.5. The Labute approximate surface area is 285 Å². The average Bonchev–Trinajstić information content (AvgIpc) is 3.71. The molecule has 1 aliphatic heterocycles. The molecule has 0 spiro atoms. The lowest BCUT2D eigenvalue weighted by molar-refractivity contribution is -0.275. The zero-order valence-corrected chi connectivity index (χ0v) is 27.6. The fraction of sp³-hybridized carbons (Fsp3) is 0.400. The molecule has 0 radical (unpaired) electrons. The van der Waals surface area contributed by atoms with Gasteiger partial charge < -0.3 is 24.4 Å². The number of amides is 1. The topological polar surface area (TPSA) is 136 Å². The van der Waals surface area contributed by atoms with E-state index in [4.69, 9.17) is 4.74 Å². The molecule has 1 atom stereocenters. The van der Waals surface area contributed by atoms with E-state index in [1.165, 1.54) is 23.5 Å². The summed E-state index contributed by atoms with van der Waals surface area (Å²) in [5.74, 6) is -1.21. The van der Waals surface area contributed by atoms with Gasteiger partial charge in [0.2, 0.25) is 15.9 Å². The minimum Gasteiger partial charge on any atom is -0.406 e. The van der Waals surface area contributed by atoms with E-state index in [0.717, 1.165) is 53.5 Å². The molecule has 2 aromatic carbocycles. The Bertz CT molecular complexity index is 1950. The second-order valence-electron chi connectivity index (χ2n) is 11.6. The molecule has 1 saturated carbocycles. The van der Waals surface area contributed by atoms with Crippen molar-refractivity contribution in [3.63, 3.8) is 0 Å². The molecule has 3 heterocycles. The summed E-state index contributed by atoms with van der Waals surface area (Å²) in [6.07, 6.45) is -6.45. The van der Waals surface area contributed by atoms with Gasteiger partial charge in [0.05, 0.1) is 27.8 Å². The molecule has 2 aliphatic rings. The van der Waals surface area contributed by atoms with E-state index in [0.29, 0.717) is 33.5 Å². The lowest BCUT2D eigenvalue weighted by atomic mass is 10.1. The van der Waals surface area contributed by atoms with Crippen molar-refractivity contribution < 1.29 is 53.8 Å². The summed E-state index contributed by atoms with van der Waals surface area (Å²) >= 11 is 1.26. The zero-order chi connectivity index (χ0) is 35.9. The van der Waals surface area contributed by atoms with E-state index in [9.17, 15) is 39.6 Å². The number of nitrogens with zero attached hydrogens (tertiary/aromatic N) is 5. The minimum atomic E-state index is -4.98. The van der Waals surface area contributed by atoms with Crippen LogP contribution >= 0.6 is 11.3 Å². The van der Waals surface area contributed by atoms with Crippen LogP contribution in [0.2, 0.25) is 0 Å². The Hall–Kier alpha value is -4.27. The van der Waals surface area contributed by atoms with Gasteiger partial charge in [0.1, 0.15) is 23.4 Å². The summed E-state index contributed by atoms with van der Waals surface area (Å²) in [5.41, 5.74) is 0.573. The summed E-state index contributed by atoms with van der Waals surface area (Å²) in [6, 6.07) is 7.01. The van der Waals surface area contributed by atoms with Crippen LogP contribution in [0.4, 0.5) is 31.5 Å². The van der Waals surface area contributed by atoms with Gasteiger partial charge in [-0.25, -0.2) is 18.4 Å². The molecule has 20 heteroatoms. The van der Waals surface area contributed by atoms with Gasteiger partial charge in [0.25, 0.3) is 0 Å². The van der Waals surface area contributed by atoms with Gasteiger partial charge >= 0.3 is 12.7 Å². The fourth-order valence-corrected chi connectivity index (χ4v) is 7.96. The van der Waals surface area contributed by atoms with Crippen LogP contribution in [0.3, 0.4) is 0 Å². The molecule has 6 rings (SSSR count). The Morgan fingerprint density at radius 1 is 0.960 bits per heavy atom. The largest absolute Gasteiger partial charge is 0.573 e. The van der Waals surface area contributed by atoms with Gasteiger partial charge in [-0.1, -0.05) is 23.5 Å². The van der Waals surface area contributed by atoms with Crippen molar-refractivity contribution in [2.24, 2.45) is 0 Å². The SMILES string of the molecule is COCC1(c2ncc3sc(N4CCN(S(=O)(=O)c5ccc(OC(F)(F)F)cc5)[C@@H](C(=O)NCc5ccc(OC(F)(F)F)cc5)C4)nc3n2)CC1. The smallest absolute Gasteiger partial charge is 0.406 e. The lowest BCUT2D eigenvalue weighted by Crippen LogP contribution is -2.60. The Morgan fingerprint density at radius 3 is 2.16 bits per heavy atom. The molecular weight excluding hydrogens is 718 g/mol. The number of sulfonamides is 1. The first kappa shape index (κ1) is 35.6. The molecule has 2 aromatic heterocycles. The minimum absolute atomic E-state index is 0.104. The van der Waals surface area contributed by atoms with Crippen LogP contribution in [0, 0.1) is 0 Å². The number of carbonyl (C=O) groups excluding carboxylic acids is 1. The number of ether oxygens (including phenoxy) is 3. The third-order valence-corrected chi connectivity index (χ3v) is 11.0. The molecule has 4 aromatic rings. The third kappa shape index (κ3) is 8.03. The highest BCUT2D eigenvalue weighted by Crippen LogP contribution is 2.47. The predicted molar refractivity (Wildman–Crippen MR) is 166 cm³/mol. The summed E-state index contributed by atoms with van der Waals surface area (Å²) < 4.78 is 118. The number of thiazole rings is 1. The van der Waals surface area contributed by atoms with Crippen LogP contribution in [0.25, 0.3) is 10.3 Å². The number of piperazine rings is 1. The highest BCUT2D eigenvalue weighted by molar-refractivity contribution is 7.89. The first-order valence-corrected chi connectivity index (χ1v) is 17.2. The standard InChI is InChI=1S/C30H28F6N6O6S2/c1-46-17-28(10-11-28)26-38-15-23-24(39-26)40-27(49-23)41-12-13-42(50(44,45)21-8-6-20(7-9-21)48-30(34,35)36)22(16-41)25(43)37-14-18-2-4-19(5-3-18)47-29(31,32)33/h2-9,15,22H,10-14,16-17H2,1H3,(H,37,43)/t22-/m1/s1. The van der Waals surface area contributed by atoms with Gasteiger partial charge in [0, 0.05) is 33.3 Å². The molecule has 0 bridgehead atoms. The van der Waals surface area contributed by atoms with Gasteiger partial charge in [-0.15, -0.1) is 26.3 Å². The van der Waals surface area contributed by atoms with Crippen molar-refractivity contribution in [2.75, 3.05) is 38.3 Å². The van der Waals surface area contributed by atoms with Crippen molar-refractivity contribution >= 4 is 42.7 Å². The Morgan fingerprint density at radius 2 is 1.58 bits per heavy atom. The van der Waals surface area contributed by atoms with Gasteiger partial charge in [-0.3, -0.25) is 4.79 Å². The van der Waals surface area contributed by atoms with E-state index in [1.54, 1.807) is 18.2 Å². The summed E-state index contributed by atoms with van der Waals surface area (Å²) in [4.78, 5) is 28.9. The van der Waals surface area contributed by atoms with Gasteiger partial charge in [-0.05, 0) is 54.8 Å². The number of halogens is 6. The normalized spacial score (nSPS) is 18.2. The van der Waals surface area contributed by atoms with Crippen molar-refractivity contribution in [1.82, 2.24) is 24.6 Å². The number of alkyl halides is 6. The fourth-order valence-electron chi connectivity index (χ4n) is 5.48. The third-order valence-electron chi connectivity index (χ3n) is 8.08. The number of nitrogens with one attached hydrogen (secondary N) is 1. The van der Waals surface area contributed by atoms with Crippen LogP contribution < -0.4 is 19.7 Å². The molecule has 268 valence electrons. The number of fused-ring (bicyclic) bond motifs is 1. The highest BCUT2D eigenvalue weighted by Gasteiger charge is 2.47. The van der Waals surface area contributed by atoms with Crippen molar-refractivity contribution in [3.05, 3.63) is 66.1 Å². The number of methoxy groups -OCH3 is 1. The molecule has 1 amide bonds. The molecule has 2 fully saturated rings. The number of hydrogen-bond acceptors (Lipinski definition) is 11.